The predicted octanol–water partition coefficient (Wildman–Crippen LogP) is 2.07. The van der Waals surface area contributed by atoms with Crippen LogP contribution in [0.25, 0.3) is 22.6 Å². The Hall–Kier alpha value is -2.93. The number of nitrogens with one attached hydrogen (secondary N) is 1. The number of H-pyrrole nitrogens is 1. The lowest BCUT2D eigenvalue weighted by atomic mass is 10.1. The molecule has 4 rings (SSSR count). The van der Waals surface area contributed by atoms with E-state index in [1.165, 1.54) is 4.90 Å². The molecule has 3 aromatic rings. The Kier molecular flexibility index (Phi) is 3.20. The molecule has 0 atom stereocenters. The maximum absolute atomic E-state index is 11.9. The number of cyclic esters (lactones) is 1. The fourth-order valence-corrected chi connectivity index (χ4v) is 2.71. The summed E-state index contributed by atoms with van der Waals surface area (Å²) in [4.78, 5) is 25.4. The molecule has 116 valence electrons. The largest absolute Gasteiger partial charge is 0.444 e. The van der Waals surface area contributed by atoms with E-state index in [-0.39, 0.29) is 19.8 Å². The van der Waals surface area contributed by atoms with Crippen molar-refractivity contribution in [2.24, 2.45) is 0 Å². The number of pyridine rings is 1. The Labute approximate surface area is 131 Å². The number of nitrogens with zero attached hydrogens (tertiary/aromatic N) is 3. The average molecular weight is 310 g/mol. The molecule has 2 N–H and O–H groups in total. The molecule has 3 heterocycles. The number of aliphatic hydroxyl groups is 1. The maximum Gasteiger partial charge on any atom is 0.414 e. The van der Waals surface area contributed by atoms with Crippen molar-refractivity contribution >= 4 is 22.8 Å². The van der Waals surface area contributed by atoms with Gasteiger partial charge in [0.25, 0.3) is 0 Å². The number of benzene rings is 1. The van der Waals surface area contributed by atoms with E-state index in [9.17, 15) is 4.79 Å². The number of carbonyl (C=O) groups excluding carboxylic acids is 1. The number of amides is 1. The predicted molar refractivity (Wildman–Crippen MR) is 83.9 cm³/mol. The van der Waals surface area contributed by atoms with Gasteiger partial charge >= 0.3 is 6.09 Å². The van der Waals surface area contributed by atoms with Gasteiger partial charge in [-0.05, 0) is 24.3 Å². The van der Waals surface area contributed by atoms with E-state index in [1.54, 1.807) is 6.20 Å². The number of hydrogen-bond acceptors (Lipinski definition) is 5. The van der Waals surface area contributed by atoms with Crippen molar-refractivity contribution in [3.8, 4) is 11.5 Å². The van der Waals surface area contributed by atoms with Gasteiger partial charge in [-0.25, -0.2) is 9.78 Å². The van der Waals surface area contributed by atoms with Gasteiger partial charge in [0, 0.05) is 11.8 Å². The number of fused-ring (bicyclic) bond motifs is 2. The van der Waals surface area contributed by atoms with E-state index in [1.807, 2.05) is 30.3 Å². The summed E-state index contributed by atoms with van der Waals surface area (Å²) in [6.45, 7) is 0.269. The van der Waals surface area contributed by atoms with Gasteiger partial charge in [0.2, 0.25) is 0 Å². The van der Waals surface area contributed by atoms with Crippen LogP contribution in [-0.2, 0) is 11.3 Å². The molecule has 7 nitrogen and oxygen atoms in total. The van der Waals surface area contributed by atoms with Gasteiger partial charge in [-0.3, -0.25) is 9.88 Å². The van der Waals surface area contributed by atoms with E-state index >= 15 is 0 Å². The third-order valence-electron chi connectivity index (χ3n) is 3.78. The van der Waals surface area contributed by atoms with E-state index in [2.05, 4.69) is 15.0 Å². The summed E-state index contributed by atoms with van der Waals surface area (Å²) < 4.78 is 5.14. The van der Waals surface area contributed by atoms with Gasteiger partial charge in [0.05, 0.1) is 29.9 Å². The van der Waals surface area contributed by atoms with Crippen LogP contribution in [0.1, 0.15) is 5.56 Å². The molecule has 0 unspecified atom stereocenters. The van der Waals surface area contributed by atoms with Crippen LogP contribution in [-0.4, -0.2) is 39.3 Å². The second kappa shape index (κ2) is 5.36. The molecule has 2 aromatic heterocycles. The van der Waals surface area contributed by atoms with Crippen molar-refractivity contribution in [1.82, 2.24) is 15.0 Å². The number of rotatable bonds is 3. The second-order valence-electron chi connectivity index (χ2n) is 5.23. The second-order valence-corrected chi connectivity index (χ2v) is 5.23. The topological polar surface area (TPSA) is 91.3 Å². The monoisotopic (exact) mass is 310 g/mol. The van der Waals surface area contributed by atoms with Crippen LogP contribution in [0.15, 0.2) is 36.5 Å². The molecule has 1 aliphatic heterocycles. The van der Waals surface area contributed by atoms with Crippen molar-refractivity contribution < 1.29 is 14.6 Å². The lowest BCUT2D eigenvalue weighted by molar-refractivity contribution is 0.140. The van der Waals surface area contributed by atoms with Crippen molar-refractivity contribution in [2.45, 2.75) is 6.61 Å². The number of aliphatic hydroxyl groups excluding tert-OH is 1. The standard InChI is InChI=1S/C16H14N4O3/c21-6-5-20-14-8-13-12(7-10(14)9-23-16(20)22)18-15(19-13)11-3-1-2-4-17-11/h1-4,7-8,21H,5-6,9H2,(H,18,19). The Morgan fingerprint density at radius 2 is 2.26 bits per heavy atom. The van der Waals surface area contributed by atoms with E-state index in [0.717, 1.165) is 28.0 Å². The summed E-state index contributed by atoms with van der Waals surface area (Å²) in [5.74, 6) is 0.670. The molecule has 7 heteroatoms. The first-order chi connectivity index (χ1) is 11.3. The fraction of sp³-hybridized carbons (Fsp3) is 0.188. The number of aromatic amines is 1. The number of anilines is 1. The highest BCUT2D eigenvalue weighted by Gasteiger charge is 2.26. The molecule has 0 saturated carbocycles. The van der Waals surface area contributed by atoms with E-state index < -0.39 is 6.09 Å². The number of carbonyl (C=O) groups is 1. The Bertz CT molecular complexity index is 876. The maximum atomic E-state index is 11.9. The van der Waals surface area contributed by atoms with Crippen LogP contribution in [0.4, 0.5) is 10.5 Å². The molecule has 1 amide bonds. The molecule has 0 saturated heterocycles. The van der Waals surface area contributed by atoms with Crippen LogP contribution in [0.2, 0.25) is 0 Å². The van der Waals surface area contributed by atoms with Gasteiger partial charge in [0.1, 0.15) is 12.3 Å². The van der Waals surface area contributed by atoms with Gasteiger partial charge < -0.3 is 14.8 Å². The van der Waals surface area contributed by atoms with Gasteiger partial charge in [-0.15, -0.1) is 0 Å². The Morgan fingerprint density at radius 3 is 3.04 bits per heavy atom. The third kappa shape index (κ3) is 2.31. The first kappa shape index (κ1) is 13.7. The van der Waals surface area contributed by atoms with E-state index in [0.29, 0.717) is 5.82 Å². The summed E-state index contributed by atoms with van der Waals surface area (Å²) in [7, 11) is 0. The van der Waals surface area contributed by atoms with Crippen LogP contribution in [0.5, 0.6) is 0 Å². The number of β-amino-alcohol motifs (C(OH)–C–C–N with tert-alkyl or cyclic N) is 1. The van der Waals surface area contributed by atoms with Crippen molar-refractivity contribution in [2.75, 3.05) is 18.1 Å². The molecule has 0 bridgehead atoms. The highest BCUT2D eigenvalue weighted by Crippen LogP contribution is 2.31. The first-order valence-corrected chi connectivity index (χ1v) is 7.25. The highest BCUT2D eigenvalue weighted by molar-refractivity contribution is 5.94. The first-order valence-electron chi connectivity index (χ1n) is 7.25. The zero-order valence-electron chi connectivity index (χ0n) is 12.2. The summed E-state index contributed by atoms with van der Waals surface area (Å²) in [6, 6.07) is 9.38. The van der Waals surface area contributed by atoms with Crippen LogP contribution in [0.3, 0.4) is 0 Å². The minimum Gasteiger partial charge on any atom is -0.444 e. The minimum atomic E-state index is -0.452. The average Bonchev–Trinajstić information content (AvgIpc) is 3.00. The van der Waals surface area contributed by atoms with Crippen LogP contribution >= 0.6 is 0 Å². The Balaban J connectivity index is 1.83. The number of aromatic nitrogens is 3. The summed E-state index contributed by atoms with van der Waals surface area (Å²) in [6.07, 6.45) is 1.26. The summed E-state index contributed by atoms with van der Waals surface area (Å²) in [5, 5.41) is 9.15. The normalized spacial score (nSPS) is 14.0. The molecule has 0 aliphatic carbocycles. The van der Waals surface area contributed by atoms with Gasteiger partial charge in [0.15, 0.2) is 5.82 Å². The van der Waals surface area contributed by atoms with Crippen molar-refractivity contribution in [3.05, 3.63) is 42.1 Å². The molecule has 1 aromatic carbocycles. The smallest absolute Gasteiger partial charge is 0.414 e. The molecule has 0 radical (unpaired) electrons. The molecule has 0 spiro atoms. The highest BCUT2D eigenvalue weighted by atomic mass is 16.6. The van der Waals surface area contributed by atoms with Crippen molar-refractivity contribution in [3.63, 3.8) is 0 Å². The van der Waals surface area contributed by atoms with Gasteiger partial charge in [-0.2, -0.15) is 0 Å². The zero-order valence-corrected chi connectivity index (χ0v) is 12.2. The number of ether oxygens (including phenoxy) is 1. The SMILES string of the molecule is O=C1OCc2cc3[nH]c(-c4ccccn4)nc3cc2N1CCO. The fourth-order valence-electron chi connectivity index (χ4n) is 2.71. The van der Waals surface area contributed by atoms with Crippen molar-refractivity contribution in [1.29, 1.82) is 0 Å². The Morgan fingerprint density at radius 1 is 1.35 bits per heavy atom. The molecule has 0 fully saturated rings. The van der Waals surface area contributed by atoms with Crippen LogP contribution < -0.4 is 4.90 Å². The lowest BCUT2D eigenvalue weighted by Crippen LogP contribution is -2.37. The number of imidazole rings is 1. The quantitative estimate of drug-likeness (QED) is 0.773. The lowest BCUT2D eigenvalue weighted by Gasteiger charge is -2.28. The summed E-state index contributed by atoms with van der Waals surface area (Å²) in [5.41, 5.74) is 3.94. The molecule has 23 heavy (non-hydrogen) atoms. The summed E-state index contributed by atoms with van der Waals surface area (Å²) >= 11 is 0. The zero-order chi connectivity index (χ0) is 15.8. The van der Waals surface area contributed by atoms with Crippen LogP contribution in [0, 0.1) is 0 Å². The van der Waals surface area contributed by atoms with Gasteiger partial charge in [-0.1, -0.05) is 6.07 Å². The third-order valence-corrected chi connectivity index (χ3v) is 3.78. The molecular weight excluding hydrogens is 296 g/mol. The number of hydrogen-bond donors (Lipinski definition) is 2. The minimum absolute atomic E-state index is 0.133. The molecular formula is C16H14N4O3. The van der Waals surface area contributed by atoms with E-state index in [4.69, 9.17) is 9.84 Å². The molecule has 1 aliphatic rings.